The number of aromatic nitrogens is 4. The van der Waals surface area contributed by atoms with Crippen molar-refractivity contribution in [3.05, 3.63) is 46.6 Å². The molecular weight excluding hydrogens is 513 g/mol. The number of anilines is 1. The number of likely N-dealkylation sites (tertiary alicyclic amines) is 1. The fourth-order valence-electron chi connectivity index (χ4n) is 4.84. The number of nitrogens with one attached hydrogen (secondary N) is 1. The van der Waals surface area contributed by atoms with E-state index in [1.807, 2.05) is 10.9 Å². The number of pyridine rings is 2. The zero-order chi connectivity index (χ0) is 28.3. The summed E-state index contributed by atoms with van der Waals surface area (Å²) in [6.45, 7) is 9.75. The second kappa shape index (κ2) is 11.8. The highest BCUT2D eigenvalue weighted by Gasteiger charge is 2.23. The third kappa shape index (κ3) is 6.89. The molecule has 1 amide bonds. The van der Waals surface area contributed by atoms with Gasteiger partial charge in [0.1, 0.15) is 30.1 Å². The predicted octanol–water partition coefficient (Wildman–Crippen LogP) is 2.35. The van der Waals surface area contributed by atoms with Crippen LogP contribution in [0, 0.1) is 0 Å². The van der Waals surface area contributed by atoms with E-state index < -0.39 is 11.7 Å². The molecular formula is C27H34BN7O5. The summed E-state index contributed by atoms with van der Waals surface area (Å²) < 4.78 is 18.1. The first-order chi connectivity index (χ1) is 19.1. The Morgan fingerprint density at radius 1 is 1.12 bits per heavy atom. The number of rotatable bonds is 7. The fourth-order valence-corrected chi connectivity index (χ4v) is 4.84. The molecule has 0 unspecified atom stereocenters. The number of ether oxygens (including phenoxy) is 3. The lowest BCUT2D eigenvalue weighted by Gasteiger charge is -2.37. The largest absolute Gasteiger partial charge is 0.486 e. The van der Waals surface area contributed by atoms with Crippen LogP contribution in [0.15, 0.2) is 35.4 Å². The summed E-state index contributed by atoms with van der Waals surface area (Å²) in [6, 6.07) is 5.47. The molecule has 40 heavy (non-hydrogen) atoms. The average molecular weight is 547 g/mol. The van der Waals surface area contributed by atoms with Crippen molar-refractivity contribution in [3.8, 4) is 11.5 Å². The Bertz CT molecular complexity index is 1420. The maximum Gasteiger partial charge on any atom is 0.413 e. The molecule has 0 aliphatic carbocycles. The zero-order valence-corrected chi connectivity index (χ0v) is 23.1. The van der Waals surface area contributed by atoms with Crippen molar-refractivity contribution in [2.45, 2.75) is 58.3 Å². The number of amides is 1. The number of fused-ring (bicyclic) bond motifs is 2. The highest BCUT2D eigenvalue weighted by atomic mass is 16.6. The van der Waals surface area contributed by atoms with Gasteiger partial charge in [0.15, 0.2) is 25.1 Å². The van der Waals surface area contributed by atoms with Crippen LogP contribution in [-0.2, 0) is 17.8 Å². The maximum absolute atomic E-state index is 12.7. The average Bonchev–Trinajstić information content (AvgIpc) is 2.91. The molecule has 2 aliphatic heterocycles. The van der Waals surface area contributed by atoms with E-state index in [0.29, 0.717) is 61.3 Å². The van der Waals surface area contributed by atoms with Gasteiger partial charge >= 0.3 is 6.09 Å². The second-order valence-corrected chi connectivity index (χ2v) is 11.0. The van der Waals surface area contributed by atoms with Crippen LogP contribution in [0.25, 0.3) is 11.2 Å². The van der Waals surface area contributed by atoms with Gasteiger partial charge in [-0.25, -0.2) is 14.8 Å². The molecule has 0 atom stereocenters. The van der Waals surface area contributed by atoms with Crippen LogP contribution >= 0.6 is 0 Å². The van der Waals surface area contributed by atoms with E-state index in [4.69, 9.17) is 22.2 Å². The molecule has 13 heteroatoms. The van der Waals surface area contributed by atoms with Gasteiger partial charge in [0, 0.05) is 31.7 Å². The third-order valence-corrected chi connectivity index (χ3v) is 6.82. The Hall–Kier alpha value is -3.71. The molecule has 1 fully saturated rings. The van der Waals surface area contributed by atoms with Gasteiger partial charge in [0.05, 0.1) is 18.1 Å². The van der Waals surface area contributed by atoms with Gasteiger partial charge < -0.3 is 23.9 Å². The highest BCUT2D eigenvalue weighted by Crippen LogP contribution is 2.30. The van der Waals surface area contributed by atoms with Gasteiger partial charge in [0.25, 0.3) is 5.56 Å². The summed E-state index contributed by atoms with van der Waals surface area (Å²) in [7, 11) is 6.43. The molecule has 1 saturated heterocycles. The molecule has 5 rings (SSSR count). The van der Waals surface area contributed by atoms with Crippen molar-refractivity contribution in [2.75, 3.05) is 38.2 Å². The number of piperidine rings is 1. The van der Waals surface area contributed by atoms with Gasteiger partial charge in [-0.2, -0.15) is 0 Å². The normalized spacial score (nSPS) is 16.3. The van der Waals surface area contributed by atoms with Gasteiger partial charge in [0.2, 0.25) is 0 Å². The lowest BCUT2D eigenvalue weighted by atomic mass is 9.99. The minimum Gasteiger partial charge on any atom is -0.486 e. The van der Waals surface area contributed by atoms with Crippen LogP contribution < -0.4 is 20.3 Å². The summed E-state index contributed by atoms with van der Waals surface area (Å²) in [6.07, 6.45) is 4.18. The van der Waals surface area contributed by atoms with Crippen LogP contribution in [-0.4, -0.2) is 87.8 Å². The minimum atomic E-state index is -0.638. The van der Waals surface area contributed by atoms with E-state index in [1.54, 1.807) is 43.7 Å². The number of carbonyl (C=O) groups excluding carboxylic acids is 1. The Balaban J connectivity index is 1.17. The first kappa shape index (κ1) is 27.8. The topological polar surface area (TPSA) is 124 Å². The van der Waals surface area contributed by atoms with Crippen LogP contribution in [0.2, 0.25) is 0 Å². The van der Waals surface area contributed by atoms with Crippen LogP contribution in [0.1, 0.15) is 39.3 Å². The molecule has 12 nitrogen and oxygen atoms in total. The van der Waals surface area contributed by atoms with E-state index in [1.165, 1.54) is 6.20 Å². The van der Waals surface area contributed by atoms with Crippen LogP contribution in [0.4, 0.5) is 10.6 Å². The van der Waals surface area contributed by atoms with E-state index in [9.17, 15) is 9.59 Å². The lowest BCUT2D eigenvalue weighted by molar-refractivity contribution is 0.0635. The Kier molecular flexibility index (Phi) is 8.22. The molecule has 2 aliphatic rings. The van der Waals surface area contributed by atoms with Gasteiger partial charge in [-0.1, -0.05) is 0 Å². The number of carbonyl (C=O) groups is 1. The summed E-state index contributed by atoms with van der Waals surface area (Å²) in [5.74, 6) is 1.67. The van der Waals surface area contributed by atoms with Gasteiger partial charge in [-0.15, -0.1) is 0 Å². The molecule has 210 valence electrons. The standard InChI is InChI=1S/C27H34BN7O5/c1-27(2,3)40-26(37)32-23-5-4-20-25(31-23)34(24(36)16-30-20)11-10-33-8-6-19(7-9-33)35(28)17-18-14-21-22(15-29-18)39-13-12-38-21/h4-5,14-16,19H,6-13,17H2,1-3H3,(H,31,32,37). The first-order valence-electron chi connectivity index (χ1n) is 13.5. The molecule has 0 spiro atoms. The van der Waals surface area contributed by atoms with E-state index in [2.05, 4.69) is 25.2 Å². The Morgan fingerprint density at radius 3 is 2.62 bits per heavy atom. The van der Waals surface area contributed by atoms with Crippen molar-refractivity contribution >= 4 is 31.1 Å². The van der Waals surface area contributed by atoms with E-state index in [-0.39, 0.29) is 11.6 Å². The molecule has 2 radical (unpaired) electrons. The molecule has 1 N–H and O–H groups in total. The van der Waals surface area contributed by atoms with E-state index >= 15 is 0 Å². The monoisotopic (exact) mass is 547 g/mol. The smallest absolute Gasteiger partial charge is 0.413 e. The highest BCUT2D eigenvalue weighted by molar-refractivity contribution is 6.04. The first-order valence-corrected chi connectivity index (χ1v) is 13.5. The number of hydrogen-bond donors (Lipinski definition) is 1. The molecule has 0 bridgehead atoms. The number of hydrogen-bond acceptors (Lipinski definition) is 10. The Labute approximate surface area is 234 Å². The lowest BCUT2D eigenvalue weighted by Crippen LogP contribution is -2.45. The van der Waals surface area contributed by atoms with Crippen LogP contribution in [0.3, 0.4) is 0 Å². The fraction of sp³-hybridized carbons (Fsp3) is 0.519. The number of nitrogens with zero attached hydrogens (tertiary/aromatic N) is 6. The molecule has 0 aromatic carbocycles. The summed E-state index contributed by atoms with van der Waals surface area (Å²) in [5, 5.41) is 2.63. The van der Waals surface area contributed by atoms with Crippen molar-refractivity contribution in [2.24, 2.45) is 0 Å². The third-order valence-electron chi connectivity index (χ3n) is 6.82. The van der Waals surface area contributed by atoms with Crippen molar-refractivity contribution in [3.63, 3.8) is 0 Å². The summed E-state index contributed by atoms with van der Waals surface area (Å²) >= 11 is 0. The zero-order valence-electron chi connectivity index (χ0n) is 23.1. The Morgan fingerprint density at radius 2 is 1.88 bits per heavy atom. The molecule has 3 aromatic heterocycles. The molecule has 3 aromatic rings. The van der Waals surface area contributed by atoms with Crippen molar-refractivity contribution < 1.29 is 19.0 Å². The quantitative estimate of drug-likeness (QED) is 0.441. The van der Waals surface area contributed by atoms with Crippen molar-refractivity contribution in [1.82, 2.24) is 29.2 Å². The van der Waals surface area contributed by atoms with E-state index in [0.717, 1.165) is 31.6 Å². The summed E-state index contributed by atoms with van der Waals surface area (Å²) in [4.78, 5) is 42.2. The summed E-state index contributed by atoms with van der Waals surface area (Å²) in [5.41, 5.74) is 0.937. The maximum atomic E-state index is 12.7. The SMILES string of the molecule is [B]N(Cc1cc2c(cn1)OCCO2)C1CCN(CCn2c(=O)cnc3ccc(NC(=O)OC(C)(C)C)nc32)CC1. The predicted molar refractivity (Wildman–Crippen MR) is 150 cm³/mol. The molecule has 5 heterocycles. The second-order valence-electron chi connectivity index (χ2n) is 11.0. The molecule has 0 saturated carbocycles. The van der Waals surface area contributed by atoms with Crippen molar-refractivity contribution in [1.29, 1.82) is 0 Å². The van der Waals surface area contributed by atoms with Crippen LogP contribution in [0.5, 0.6) is 11.5 Å². The van der Waals surface area contributed by atoms with Gasteiger partial charge in [-0.05, 0) is 58.8 Å². The minimum absolute atomic E-state index is 0.221. The van der Waals surface area contributed by atoms with Gasteiger partial charge in [-0.3, -0.25) is 19.7 Å².